The van der Waals surface area contributed by atoms with Gasteiger partial charge in [0.25, 0.3) is 0 Å². The van der Waals surface area contributed by atoms with Crippen molar-refractivity contribution in [1.29, 1.82) is 5.41 Å². The highest BCUT2D eigenvalue weighted by Gasteiger charge is 2.29. The molecule has 0 aromatic carbocycles. The molecule has 0 aliphatic heterocycles. The van der Waals surface area contributed by atoms with E-state index >= 15 is 0 Å². The molecule has 1 heterocycles. The van der Waals surface area contributed by atoms with Crippen LogP contribution in [-0.4, -0.2) is 25.9 Å². The summed E-state index contributed by atoms with van der Waals surface area (Å²) < 4.78 is 1.71. The van der Waals surface area contributed by atoms with E-state index in [1.807, 2.05) is 6.92 Å². The van der Waals surface area contributed by atoms with Gasteiger partial charge in [-0.25, -0.2) is 9.89 Å². The van der Waals surface area contributed by atoms with E-state index in [2.05, 4.69) is 10.2 Å². The normalized spacial score (nSPS) is 17.3. The van der Waals surface area contributed by atoms with E-state index < -0.39 is 0 Å². The summed E-state index contributed by atoms with van der Waals surface area (Å²) in [6.07, 6.45) is 2.61. The number of hydrogen-bond donors (Lipinski definition) is 3. The molecule has 16 heavy (non-hydrogen) atoms. The largest absolute Gasteiger partial charge is 0.388 e. The van der Waals surface area contributed by atoms with Crippen LogP contribution in [0, 0.1) is 5.41 Å². The molecule has 1 unspecified atom stereocenters. The summed E-state index contributed by atoms with van der Waals surface area (Å²) >= 11 is 1.49. The molecule has 7 heteroatoms. The molecule has 0 radical (unpaired) electrons. The zero-order valence-electron chi connectivity index (χ0n) is 9.06. The molecule has 0 spiro atoms. The molecular formula is C9H15N5OS. The van der Waals surface area contributed by atoms with Crippen LogP contribution in [-0.2, 0) is 0 Å². The third-order valence-electron chi connectivity index (χ3n) is 2.40. The number of hydrogen-bond acceptors (Lipinski definition) is 4. The first-order valence-electron chi connectivity index (χ1n) is 5.24. The van der Waals surface area contributed by atoms with E-state index in [-0.39, 0.29) is 16.8 Å². The Kier molecular flexibility index (Phi) is 3.04. The average molecular weight is 241 g/mol. The molecule has 0 saturated heterocycles. The van der Waals surface area contributed by atoms with Crippen molar-refractivity contribution in [1.82, 2.24) is 14.8 Å². The molecule has 1 aliphatic rings. The van der Waals surface area contributed by atoms with Gasteiger partial charge in [0.1, 0.15) is 0 Å². The third-order valence-corrected chi connectivity index (χ3v) is 3.47. The van der Waals surface area contributed by atoms with Crippen LogP contribution in [0.5, 0.6) is 0 Å². The zero-order valence-corrected chi connectivity index (χ0v) is 9.88. The van der Waals surface area contributed by atoms with Gasteiger partial charge in [0.05, 0.1) is 5.84 Å². The van der Waals surface area contributed by atoms with Crippen LogP contribution < -0.4 is 11.4 Å². The minimum absolute atomic E-state index is 0.139. The van der Waals surface area contributed by atoms with E-state index in [4.69, 9.17) is 11.1 Å². The maximum atomic E-state index is 11.5. The Morgan fingerprint density at radius 1 is 1.81 bits per heavy atom. The van der Waals surface area contributed by atoms with Gasteiger partial charge in [-0.2, -0.15) is 0 Å². The zero-order chi connectivity index (χ0) is 11.7. The van der Waals surface area contributed by atoms with Crippen molar-refractivity contribution in [3.63, 3.8) is 0 Å². The highest BCUT2D eigenvalue weighted by atomic mass is 32.2. The summed E-state index contributed by atoms with van der Waals surface area (Å²) in [5.41, 5.74) is 5.20. The van der Waals surface area contributed by atoms with E-state index in [0.29, 0.717) is 17.6 Å². The Bertz CT molecular complexity index is 447. The number of nitrogens with two attached hydrogens (primary N) is 1. The second kappa shape index (κ2) is 4.32. The second-order valence-electron chi connectivity index (χ2n) is 4.07. The molecule has 88 valence electrons. The lowest BCUT2D eigenvalue weighted by Gasteiger charge is -2.09. The van der Waals surface area contributed by atoms with Gasteiger partial charge in [0.15, 0.2) is 5.16 Å². The number of rotatable bonds is 5. The lowest BCUT2D eigenvalue weighted by atomic mass is 10.3. The first kappa shape index (κ1) is 11.3. The van der Waals surface area contributed by atoms with Gasteiger partial charge < -0.3 is 5.73 Å². The van der Waals surface area contributed by atoms with Gasteiger partial charge >= 0.3 is 5.69 Å². The number of nitrogens with zero attached hydrogens (tertiary/aromatic N) is 2. The highest BCUT2D eigenvalue weighted by Crippen LogP contribution is 2.36. The summed E-state index contributed by atoms with van der Waals surface area (Å²) in [4.78, 5) is 11.5. The fourth-order valence-electron chi connectivity index (χ4n) is 1.56. The molecule has 4 N–H and O–H groups in total. The molecule has 1 atom stereocenters. The average Bonchev–Trinajstić information content (AvgIpc) is 2.92. The Morgan fingerprint density at radius 3 is 3.06 bits per heavy atom. The van der Waals surface area contributed by atoms with Crippen molar-refractivity contribution in [3.8, 4) is 0 Å². The van der Waals surface area contributed by atoms with E-state index in [1.54, 1.807) is 4.57 Å². The smallest absolute Gasteiger partial charge is 0.344 e. The summed E-state index contributed by atoms with van der Waals surface area (Å²) in [6.45, 7) is 1.97. The van der Waals surface area contributed by atoms with Gasteiger partial charge in [-0.3, -0.25) is 9.98 Å². The number of amidine groups is 1. The monoisotopic (exact) mass is 241 g/mol. The predicted octanol–water partition coefficient (Wildman–Crippen LogP) is 0.713. The Morgan fingerprint density at radius 2 is 2.50 bits per heavy atom. The number of thioether (sulfide) groups is 1. The summed E-state index contributed by atoms with van der Waals surface area (Å²) in [6, 6.07) is 0.318. The lowest BCUT2D eigenvalue weighted by molar-refractivity contribution is 0.641. The number of nitrogens with one attached hydrogen (secondary N) is 2. The van der Waals surface area contributed by atoms with Crippen molar-refractivity contribution in [2.24, 2.45) is 5.73 Å². The SMILES string of the molecule is CC(CC(=N)N)Sc1n[nH]c(=O)n1C1CC1. The summed E-state index contributed by atoms with van der Waals surface area (Å²) in [5.74, 6) is 0.163. The van der Waals surface area contributed by atoms with Crippen LogP contribution in [0.25, 0.3) is 0 Å². The number of aromatic amines is 1. The van der Waals surface area contributed by atoms with Gasteiger partial charge in [-0.1, -0.05) is 18.7 Å². The molecule has 1 aliphatic carbocycles. The molecule has 6 nitrogen and oxygen atoms in total. The topological polar surface area (TPSA) is 101 Å². The minimum Gasteiger partial charge on any atom is -0.388 e. The van der Waals surface area contributed by atoms with E-state index in [9.17, 15) is 4.79 Å². The standard InChI is InChI=1S/C9H15N5OS/c1-5(4-7(10)11)16-9-13-12-8(15)14(9)6-2-3-6/h5-6H,2-4H2,1H3,(H3,10,11)(H,12,15). The van der Waals surface area contributed by atoms with E-state index in [1.165, 1.54) is 11.8 Å². The van der Waals surface area contributed by atoms with Gasteiger partial charge in [-0.15, -0.1) is 5.10 Å². The molecule has 1 aromatic rings. The Labute approximate surface area is 97.1 Å². The summed E-state index contributed by atoms with van der Waals surface area (Å²) in [7, 11) is 0. The predicted molar refractivity (Wildman–Crippen MR) is 63.0 cm³/mol. The molecule has 1 fully saturated rings. The maximum Gasteiger partial charge on any atom is 0.344 e. The molecule has 2 rings (SSSR count). The van der Waals surface area contributed by atoms with Crippen molar-refractivity contribution in [3.05, 3.63) is 10.5 Å². The molecule has 0 amide bonds. The Hall–Kier alpha value is -1.24. The lowest BCUT2D eigenvalue weighted by Crippen LogP contribution is -2.18. The van der Waals surface area contributed by atoms with Gasteiger partial charge in [0.2, 0.25) is 0 Å². The van der Waals surface area contributed by atoms with Gasteiger partial charge in [-0.05, 0) is 12.8 Å². The number of aromatic nitrogens is 3. The first-order chi connectivity index (χ1) is 7.58. The highest BCUT2D eigenvalue weighted by molar-refractivity contribution is 7.99. The fraction of sp³-hybridized carbons (Fsp3) is 0.667. The third kappa shape index (κ3) is 2.46. The van der Waals surface area contributed by atoms with Crippen LogP contribution in [0.2, 0.25) is 0 Å². The van der Waals surface area contributed by atoms with Gasteiger partial charge in [0, 0.05) is 17.7 Å². The van der Waals surface area contributed by atoms with Crippen LogP contribution in [0.3, 0.4) is 0 Å². The fourth-order valence-corrected chi connectivity index (χ4v) is 2.63. The molecule has 1 aromatic heterocycles. The quantitative estimate of drug-likeness (QED) is 0.401. The van der Waals surface area contributed by atoms with Crippen LogP contribution >= 0.6 is 11.8 Å². The molecule has 1 saturated carbocycles. The van der Waals surface area contributed by atoms with Crippen molar-refractivity contribution >= 4 is 17.6 Å². The molecule has 0 bridgehead atoms. The van der Waals surface area contributed by atoms with Crippen molar-refractivity contribution in [2.45, 2.75) is 42.6 Å². The minimum atomic E-state index is -0.139. The van der Waals surface area contributed by atoms with Crippen LogP contribution in [0.4, 0.5) is 0 Å². The van der Waals surface area contributed by atoms with Crippen LogP contribution in [0.15, 0.2) is 9.95 Å². The Balaban J connectivity index is 2.09. The maximum absolute atomic E-state index is 11.5. The van der Waals surface area contributed by atoms with Crippen molar-refractivity contribution in [2.75, 3.05) is 0 Å². The second-order valence-corrected chi connectivity index (χ2v) is 5.48. The van der Waals surface area contributed by atoms with Crippen LogP contribution in [0.1, 0.15) is 32.2 Å². The summed E-state index contributed by atoms with van der Waals surface area (Å²) in [5, 5.41) is 14.6. The first-order valence-corrected chi connectivity index (χ1v) is 6.12. The molecular weight excluding hydrogens is 226 g/mol. The van der Waals surface area contributed by atoms with Crippen molar-refractivity contribution < 1.29 is 0 Å². The number of H-pyrrole nitrogens is 1. The van der Waals surface area contributed by atoms with E-state index in [0.717, 1.165) is 12.8 Å².